The SMILES string of the molecule is CC(O)c1cn(Cc2cc(F)cc(F)c2)nn1. The van der Waals surface area contributed by atoms with Crippen molar-refractivity contribution >= 4 is 0 Å². The van der Waals surface area contributed by atoms with Crippen molar-refractivity contribution in [1.29, 1.82) is 0 Å². The normalized spacial score (nSPS) is 12.7. The van der Waals surface area contributed by atoms with Gasteiger partial charge in [-0.05, 0) is 24.6 Å². The number of hydrogen-bond donors (Lipinski definition) is 1. The molecule has 6 heteroatoms. The molecule has 0 bridgehead atoms. The molecule has 0 saturated carbocycles. The molecule has 1 N–H and O–H groups in total. The second-order valence-electron chi connectivity index (χ2n) is 3.79. The van der Waals surface area contributed by atoms with E-state index in [9.17, 15) is 13.9 Å². The first kappa shape index (κ1) is 11.7. The Morgan fingerprint density at radius 3 is 2.47 bits per heavy atom. The zero-order valence-corrected chi connectivity index (χ0v) is 9.14. The highest BCUT2D eigenvalue weighted by Gasteiger charge is 2.07. The van der Waals surface area contributed by atoms with Crippen LogP contribution in [0.5, 0.6) is 0 Å². The van der Waals surface area contributed by atoms with Crippen LogP contribution in [0, 0.1) is 11.6 Å². The maximum atomic E-state index is 12.9. The summed E-state index contributed by atoms with van der Waals surface area (Å²) in [4.78, 5) is 0. The van der Waals surface area contributed by atoms with Crippen LogP contribution in [-0.4, -0.2) is 20.1 Å². The van der Waals surface area contributed by atoms with Crippen LogP contribution in [0.4, 0.5) is 8.78 Å². The summed E-state index contributed by atoms with van der Waals surface area (Å²) in [6.07, 6.45) is 0.820. The third kappa shape index (κ3) is 2.85. The molecule has 0 radical (unpaired) electrons. The highest BCUT2D eigenvalue weighted by atomic mass is 19.1. The molecule has 0 aliphatic carbocycles. The lowest BCUT2D eigenvalue weighted by Gasteiger charge is -2.01. The zero-order chi connectivity index (χ0) is 12.4. The molecule has 1 atom stereocenters. The second kappa shape index (κ2) is 4.58. The Morgan fingerprint density at radius 2 is 1.94 bits per heavy atom. The summed E-state index contributed by atoms with van der Waals surface area (Å²) in [5.41, 5.74) is 0.867. The number of halogens is 2. The summed E-state index contributed by atoms with van der Waals surface area (Å²) in [7, 11) is 0. The third-order valence-electron chi connectivity index (χ3n) is 2.25. The number of aromatic nitrogens is 3. The van der Waals surface area contributed by atoms with Gasteiger partial charge in [-0.2, -0.15) is 0 Å². The minimum atomic E-state index is -0.715. The first-order valence-corrected chi connectivity index (χ1v) is 5.07. The highest BCUT2D eigenvalue weighted by molar-refractivity contribution is 5.18. The van der Waals surface area contributed by atoms with Crippen LogP contribution < -0.4 is 0 Å². The lowest BCUT2D eigenvalue weighted by atomic mass is 10.2. The molecule has 90 valence electrons. The van der Waals surface area contributed by atoms with Gasteiger partial charge in [0, 0.05) is 6.07 Å². The summed E-state index contributed by atoms with van der Waals surface area (Å²) in [5.74, 6) is -1.26. The molecule has 2 rings (SSSR count). The van der Waals surface area contributed by atoms with E-state index >= 15 is 0 Å². The van der Waals surface area contributed by atoms with Crippen molar-refractivity contribution in [3.05, 3.63) is 47.3 Å². The zero-order valence-electron chi connectivity index (χ0n) is 9.14. The topological polar surface area (TPSA) is 50.9 Å². The van der Waals surface area contributed by atoms with E-state index in [1.54, 1.807) is 6.92 Å². The molecule has 1 aromatic heterocycles. The molecule has 2 aromatic rings. The third-order valence-corrected chi connectivity index (χ3v) is 2.25. The van der Waals surface area contributed by atoms with Crippen molar-refractivity contribution in [3.8, 4) is 0 Å². The summed E-state index contributed by atoms with van der Waals surface area (Å²) in [5, 5.41) is 16.7. The van der Waals surface area contributed by atoms with Gasteiger partial charge in [-0.3, -0.25) is 0 Å². The van der Waals surface area contributed by atoms with Crippen molar-refractivity contribution in [1.82, 2.24) is 15.0 Å². The van der Waals surface area contributed by atoms with Gasteiger partial charge in [0.25, 0.3) is 0 Å². The number of hydrogen-bond acceptors (Lipinski definition) is 3. The van der Waals surface area contributed by atoms with Crippen LogP contribution in [0.3, 0.4) is 0 Å². The maximum Gasteiger partial charge on any atom is 0.126 e. The van der Waals surface area contributed by atoms with Crippen LogP contribution in [0.25, 0.3) is 0 Å². The average molecular weight is 239 g/mol. The summed E-state index contributed by atoms with van der Waals surface area (Å²) in [6.45, 7) is 1.77. The first-order chi connectivity index (χ1) is 8.04. The standard InChI is InChI=1S/C11H11F2N3O/c1-7(17)11-6-16(15-14-11)5-8-2-9(12)4-10(13)3-8/h2-4,6-7,17H,5H2,1H3. The summed E-state index contributed by atoms with van der Waals surface area (Å²) in [6, 6.07) is 3.27. The fourth-order valence-corrected chi connectivity index (χ4v) is 1.47. The van der Waals surface area contributed by atoms with Gasteiger partial charge in [-0.1, -0.05) is 5.21 Å². The number of rotatable bonds is 3. The number of benzene rings is 1. The van der Waals surface area contributed by atoms with Crippen molar-refractivity contribution < 1.29 is 13.9 Å². The highest BCUT2D eigenvalue weighted by Crippen LogP contribution is 2.11. The monoisotopic (exact) mass is 239 g/mol. The molecule has 0 aliphatic heterocycles. The molecular weight excluding hydrogens is 228 g/mol. The van der Waals surface area contributed by atoms with Crippen LogP contribution in [0.1, 0.15) is 24.3 Å². The minimum absolute atomic E-state index is 0.203. The molecular formula is C11H11F2N3O. The Morgan fingerprint density at radius 1 is 1.29 bits per heavy atom. The maximum absolute atomic E-state index is 12.9. The Hall–Kier alpha value is -1.82. The van der Waals surface area contributed by atoms with Gasteiger partial charge < -0.3 is 5.11 Å². The van der Waals surface area contributed by atoms with Gasteiger partial charge in [0.05, 0.1) is 18.8 Å². The van der Waals surface area contributed by atoms with Gasteiger partial charge in [0.2, 0.25) is 0 Å². The van der Waals surface area contributed by atoms with Gasteiger partial charge in [-0.25, -0.2) is 13.5 Å². The minimum Gasteiger partial charge on any atom is -0.387 e. The van der Waals surface area contributed by atoms with Crippen molar-refractivity contribution in [2.24, 2.45) is 0 Å². The number of aliphatic hydroxyl groups excluding tert-OH is 1. The van der Waals surface area contributed by atoms with Crippen molar-refractivity contribution in [3.63, 3.8) is 0 Å². The van der Waals surface area contributed by atoms with E-state index in [2.05, 4.69) is 10.3 Å². The van der Waals surface area contributed by atoms with Gasteiger partial charge in [0.15, 0.2) is 0 Å². The number of aliphatic hydroxyl groups is 1. The molecule has 0 fully saturated rings. The Labute approximate surface area is 96.5 Å². The van der Waals surface area contributed by atoms with Gasteiger partial charge >= 0.3 is 0 Å². The lowest BCUT2D eigenvalue weighted by molar-refractivity contribution is 0.194. The van der Waals surface area contributed by atoms with Crippen LogP contribution >= 0.6 is 0 Å². The fraction of sp³-hybridized carbons (Fsp3) is 0.273. The van der Waals surface area contributed by atoms with E-state index < -0.39 is 17.7 Å². The molecule has 1 heterocycles. The molecule has 0 amide bonds. The molecule has 1 unspecified atom stereocenters. The fourth-order valence-electron chi connectivity index (χ4n) is 1.47. The smallest absolute Gasteiger partial charge is 0.126 e. The largest absolute Gasteiger partial charge is 0.387 e. The molecule has 17 heavy (non-hydrogen) atoms. The van der Waals surface area contributed by atoms with Crippen molar-refractivity contribution in [2.75, 3.05) is 0 Å². The van der Waals surface area contributed by atoms with E-state index in [0.717, 1.165) is 6.07 Å². The van der Waals surface area contributed by atoms with Gasteiger partial charge in [0.1, 0.15) is 17.3 Å². The predicted octanol–water partition coefficient (Wildman–Crippen LogP) is 1.66. The second-order valence-corrected chi connectivity index (χ2v) is 3.79. The van der Waals surface area contributed by atoms with E-state index in [4.69, 9.17) is 0 Å². The molecule has 0 spiro atoms. The molecule has 0 saturated heterocycles. The summed E-state index contributed by atoms with van der Waals surface area (Å²) < 4.78 is 27.3. The Kier molecular flexibility index (Phi) is 3.14. The number of nitrogens with zero attached hydrogens (tertiary/aromatic N) is 3. The van der Waals surface area contributed by atoms with Crippen LogP contribution in [0.15, 0.2) is 24.4 Å². The van der Waals surface area contributed by atoms with Crippen LogP contribution in [0.2, 0.25) is 0 Å². The van der Waals surface area contributed by atoms with E-state index in [1.165, 1.54) is 23.0 Å². The predicted molar refractivity (Wildman–Crippen MR) is 56.1 cm³/mol. The molecule has 1 aromatic carbocycles. The molecule has 4 nitrogen and oxygen atoms in total. The van der Waals surface area contributed by atoms with E-state index in [1.807, 2.05) is 0 Å². The lowest BCUT2D eigenvalue weighted by Crippen LogP contribution is -2.01. The van der Waals surface area contributed by atoms with E-state index in [0.29, 0.717) is 11.3 Å². The van der Waals surface area contributed by atoms with Crippen LogP contribution in [-0.2, 0) is 6.54 Å². The van der Waals surface area contributed by atoms with E-state index in [-0.39, 0.29) is 6.54 Å². The first-order valence-electron chi connectivity index (χ1n) is 5.07. The van der Waals surface area contributed by atoms with Crippen molar-refractivity contribution in [2.45, 2.75) is 19.6 Å². The van der Waals surface area contributed by atoms with Gasteiger partial charge in [-0.15, -0.1) is 5.10 Å². The Bertz CT molecular complexity index is 505. The molecule has 0 aliphatic rings. The quantitative estimate of drug-likeness (QED) is 0.886. The Balaban J connectivity index is 2.19. The average Bonchev–Trinajstić information content (AvgIpc) is 2.64. The summed E-state index contributed by atoms with van der Waals surface area (Å²) >= 11 is 0.